The third-order valence-corrected chi connectivity index (χ3v) is 5.07. The van der Waals surface area contributed by atoms with E-state index >= 15 is 0 Å². The van der Waals surface area contributed by atoms with Crippen LogP contribution in [0.4, 0.5) is 0 Å². The molecular weight excluding hydrogens is 423 g/mol. The van der Waals surface area contributed by atoms with E-state index in [0.717, 1.165) is 5.56 Å². The topological polar surface area (TPSA) is 64.3 Å². The summed E-state index contributed by atoms with van der Waals surface area (Å²) in [5, 5.41) is 10.9. The average Bonchev–Trinajstić information content (AvgIpc) is 3.15. The van der Waals surface area contributed by atoms with Crippen LogP contribution in [0.5, 0.6) is 5.75 Å². The highest BCUT2D eigenvalue weighted by Gasteiger charge is 2.27. The molecule has 0 unspecified atom stereocenters. The van der Waals surface area contributed by atoms with Crippen molar-refractivity contribution < 1.29 is 14.6 Å². The van der Waals surface area contributed by atoms with Crippen molar-refractivity contribution in [2.75, 3.05) is 7.11 Å². The fraction of sp³-hybridized carbons (Fsp3) is 0.0435. The van der Waals surface area contributed by atoms with E-state index in [4.69, 9.17) is 27.9 Å². The predicted octanol–water partition coefficient (Wildman–Crippen LogP) is 6.22. The molecule has 0 aliphatic rings. The molecular formula is C23H16Cl2N2O3. The van der Waals surface area contributed by atoms with Gasteiger partial charge in [-0.1, -0.05) is 59.6 Å². The minimum absolute atomic E-state index is 0.116. The van der Waals surface area contributed by atoms with E-state index in [1.54, 1.807) is 41.0 Å². The van der Waals surface area contributed by atoms with Crippen molar-refractivity contribution >= 4 is 29.2 Å². The van der Waals surface area contributed by atoms with Crippen molar-refractivity contribution in [3.63, 3.8) is 0 Å². The Morgan fingerprint density at radius 3 is 2.37 bits per heavy atom. The highest BCUT2D eigenvalue weighted by Crippen LogP contribution is 2.39. The van der Waals surface area contributed by atoms with E-state index in [-0.39, 0.29) is 5.69 Å². The van der Waals surface area contributed by atoms with Crippen molar-refractivity contribution in [2.45, 2.75) is 0 Å². The second kappa shape index (κ2) is 8.22. The summed E-state index contributed by atoms with van der Waals surface area (Å²) < 4.78 is 7.26. The van der Waals surface area contributed by atoms with Crippen molar-refractivity contribution in [3.8, 4) is 34.1 Å². The maximum atomic E-state index is 12.2. The van der Waals surface area contributed by atoms with E-state index < -0.39 is 5.97 Å². The first kappa shape index (κ1) is 20.0. The Balaban J connectivity index is 2.15. The molecule has 1 heterocycles. The first-order chi connectivity index (χ1) is 14.5. The number of aromatic nitrogens is 2. The molecule has 0 aliphatic carbocycles. The highest BCUT2D eigenvalue weighted by molar-refractivity contribution is 6.31. The number of carbonyl (C=O) groups is 1. The van der Waals surface area contributed by atoms with Crippen LogP contribution in [0.2, 0.25) is 10.0 Å². The molecule has 150 valence electrons. The molecule has 5 nitrogen and oxygen atoms in total. The maximum Gasteiger partial charge on any atom is 0.356 e. The number of nitrogens with zero attached hydrogens (tertiary/aromatic N) is 2. The lowest BCUT2D eigenvalue weighted by molar-refractivity contribution is 0.0692. The Labute approximate surface area is 183 Å². The van der Waals surface area contributed by atoms with E-state index in [9.17, 15) is 9.90 Å². The van der Waals surface area contributed by atoms with Crippen LogP contribution in [0.3, 0.4) is 0 Å². The summed E-state index contributed by atoms with van der Waals surface area (Å²) in [5.74, 6) is -0.220. The first-order valence-corrected chi connectivity index (χ1v) is 9.76. The van der Waals surface area contributed by atoms with E-state index in [0.29, 0.717) is 38.6 Å². The minimum atomic E-state index is -1.16. The lowest BCUT2D eigenvalue weighted by Crippen LogP contribution is -2.04. The summed E-state index contributed by atoms with van der Waals surface area (Å²) >= 11 is 12.5. The van der Waals surface area contributed by atoms with Gasteiger partial charge in [0.1, 0.15) is 11.6 Å². The van der Waals surface area contributed by atoms with Gasteiger partial charge in [-0.15, -0.1) is 0 Å². The van der Waals surface area contributed by atoms with Gasteiger partial charge in [0, 0.05) is 26.9 Å². The van der Waals surface area contributed by atoms with Crippen LogP contribution in [0.15, 0.2) is 72.8 Å². The van der Waals surface area contributed by atoms with Gasteiger partial charge in [0.15, 0.2) is 5.69 Å². The monoisotopic (exact) mass is 438 g/mol. The zero-order valence-corrected chi connectivity index (χ0v) is 17.4. The highest BCUT2D eigenvalue weighted by atomic mass is 35.5. The van der Waals surface area contributed by atoms with Crippen LogP contribution < -0.4 is 4.74 Å². The molecule has 0 bridgehead atoms. The number of ether oxygens (including phenoxy) is 1. The first-order valence-electron chi connectivity index (χ1n) is 9.01. The van der Waals surface area contributed by atoms with Crippen molar-refractivity contribution in [3.05, 3.63) is 88.5 Å². The fourth-order valence-electron chi connectivity index (χ4n) is 3.33. The number of carboxylic acid groups (broad SMARTS) is 1. The quantitative estimate of drug-likeness (QED) is 0.401. The number of benzene rings is 3. The van der Waals surface area contributed by atoms with Crippen molar-refractivity contribution in [2.24, 2.45) is 0 Å². The number of hydrogen-bond acceptors (Lipinski definition) is 3. The summed E-state index contributed by atoms with van der Waals surface area (Å²) in [6.07, 6.45) is 0. The van der Waals surface area contributed by atoms with Crippen LogP contribution in [0.25, 0.3) is 28.3 Å². The Hall–Kier alpha value is -3.28. The molecule has 0 aliphatic heterocycles. The molecule has 0 radical (unpaired) electrons. The number of rotatable bonds is 5. The number of carboxylic acids is 1. The summed E-state index contributed by atoms with van der Waals surface area (Å²) in [6.45, 7) is 0. The van der Waals surface area contributed by atoms with Gasteiger partial charge in [-0.2, -0.15) is 0 Å². The predicted molar refractivity (Wildman–Crippen MR) is 118 cm³/mol. The zero-order chi connectivity index (χ0) is 21.3. The Kier molecular flexibility index (Phi) is 5.48. The smallest absolute Gasteiger partial charge is 0.356 e. The van der Waals surface area contributed by atoms with Gasteiger partial charge >= 0.3 is 5.97 Å². The normalized spacial score (nSPS) is 10.8. The summed E-state index contributed by atoms with van der Waals surface area (Å²) in [6, 6.07) is 21.5. The van der Waals surface area contributed by atoms with Crippen LogP contribution in [-0.2, 0) is 0 Å². The molecule has 4 rings (SSSR count). The number of methoxy groups -OCH3 is 1. The molecule has 0 saturated heterocycles. The minimum Gasteiger partial charge on any atom is -0.496 e. The molecule has 1 N–H and O–H groups in total. The SMILES string of the molecule is COc1ccc(Cl)cc1-c1c(C(=O)O)nc(-c2ccccc2)n1-c1cccc(Cl)c1. The Bertz CT molecular complexity index is 1240. The largest absolute Gasteiger partial charge is 0.496 e. The standard InChI is InChI=1S/C23H16Cl2N2O3/c1-30-19-11-10-16(25)13-18(19)21-20(23(28)29)26-22(14-6-3-2-4-7-14)27(21)17-9-5-8-15(24)12-17/h2-13H,1H3,(H,28,29). The lowest BCUT2D eigenvalue weighted by Gasteiger charge is -2.15. The maximum absolute atomic E-state index is 12.2. The second-order valence-corrected chi connectivity index (χ2v) is 7.34. The summed E-state index contributed by atoms with van der Waals surface area (Å²) in [7, 11) is 1.52. The second-order valence-electron chi connectivity index (χ2n) is 6.46. The zero-order valence-electron chi connectivity index (χ0n) is 15.8. The van der Waals surface area contributed by atoms with Crippen molar-refractivity contribution in [1.29, 1.82) is 0 Å². The number of halogens is 2. The number of hydrogen-bond donors (Lipinski definition) is 1. The van der Waals surface area contributed by atoms with Crippen LogP contribution >= 0.6 is 23.2 Å². The molecule has 7 heteroatoms. The van der Waals surface area contributed by atoms with E-state index in [1.165, 1.54) is 7.11 Å². The molecule has 1 aromatic heterocycles. The molecule has 0 atom stereocenters. The van der Waals surface area contributed by atoms with E-state index in [2.05, 4.69) is 4.98 Å². The third kappa shape index (κ3) is 3.65. The van der Waals surface area contributed by atoms with Gasteiger partial charge < -0.3 is 9.84 Å². The molecule has 3 aromatic carbocycles. The molecule has 0 spiro atoms. The van der Waals surface area contributed by atoms with Crippen LogP contribution in [0, 0.1) is 0 Å². The van der Waals surface area contributed by atoms with Gasteiger partial charge in [0.25, 0.3) is 0 Å². The Morgan fingerprint density at radius 2 is 1.70 bits per heavy atom. The van der Waals surface area contributed by atoms with Crippen LogP contribution in [0.1, 0.15) is 10.5 Å². The fourth-order valence-corrected chi connectivity index (χ4v) is 3.69. The van der Waals surface area contributed by atoms with Gasteiger partial charge in [-0.25, -0.2) is 9.78 Å². The number of aromatic carboxylic acids is 1. The summed E-state index contributed by atoms with van der Waals surface area (Å²) in [5.41, 5.74) is 2.17. The van der Waals surface area contributed by atoms with Gasteiger partial charge in [0.2, 0.25) is 0 Å². The van der Waals surface area contributed by atoms with E-state index in [1.807, 2.05) is 36.4 Å². The lowest BCUT2D eigenvalue weighted by atomic mass is 10.1. The van der Waals surface area contributed by atoms with Gasteiger partial charge in [-0.05, 0) is 36.4 Å². The number of imidazole rings is 1. The molecule has 4 aromatic rings. The van der Waals surface area contributed by atoms with Gasteiger partial charge in [0.05, 0.1) is 12.8 Å². The molecule has 0 fully saturated rings. The Morgan fingerprint density at radius 1 is 0.967 bits per heavy atom. The summed E-state index contributed by atoms with van der Waals surface area (Å²) in [4.78, 5) is 16.7. The third-order valence-electron chi connectivity index (χ3n) is 4.60. The molecule has 0 saturated carbocycles. The van der Waals surface area contributed by atoms with Crippen LogP contribution in [-0.4, -0.2) is 27.7 Å². The molecule has 30 heavy (non-hydrogen) atoms. The van der Waals surface area contributed by atoms with Crippen molar-refractivity contribution in [1.82, 2.24) is 9.55 Å². The average molecular weight is 439 g/mol. The molecule has 0 amide bonds. The van der Waals surface area contributed by atoms with Gasteiger partial charge in [-0.3, -0.25) is 4.57 Å².